The van der Waals surface area contributed by atoms with Crippen LogP contribution in [0.2, 0.25) is 0 Å². The molecule has 30 heavy (non-hydrogen) atoms. The monoisotopic (exact) mass is 402 g/mol. The number of hydrogen-bond acceptors (Lipinski definition) is 3. The van der Waals surface area contributed by atoms with Gasteiger partial charge in [-0.1, -0.05) is 37.3 Å². The lowest BCUT2D eigenvalue weighted by Crippen LogP contribution is -2.31. The number of fused-ring (bicyclic) bond motifs is 1. The van der Waals surface area contributed by atoms with E-state index in [2.05, 4.69) is 5.10 Å². The first-order valence-corrected chi connectivity index (χ1v) is 9.90. The number of carbonyl (C=O) groups excluding carboxylic acids is 1. The highest BCUT2D eigenvalue weighted by Crippen LogP contribution is 2.29. The van der Waals surface area contributed by atoms with Crippen LogP contribution in [0.15, 0.2) is 66.9 Å². The molecule has 0 spiro atoms. The number of amides is 1. The number of benzene rings is 2. The SMILES string of the molecule is CCC(c1ccc(F)cc1)N(C)C(=O)c1cc(-c2ccnn2C)nc2ccccc12. The fourth-order valence-electron chi connectivity index (χ4n) is 3.86. The number of halogens is 1. The van der Waals surface area contributed by atoms with Crippen molar-refractivity contribution in [3.05, 3.63) is 83.8 Å². The fourth-order valence-corrected chi connectivity index (χ4v) is 3.86. The van der Waals surface area contributed by atoms with Crippen molar-refractivity contribution in [2.75, 3.05) is 7.05 Å². The minimum atomic E-state index is -0.288. The van der Waals surface area contributed by atoms with E-state index in [-0.39, 0.29) is 17.8 Å². The standard InChI is InChI=1S/C24H23FN4O/c1-4-22(16-9-11-17(25)12-10-16)28(2)24(30)19-15-21(23-13-14-26-29(23)3)27-20-8-6-5-7-18(19)20/h5-15,22H,4H2,1-3H3. The lowest BCUT2D eigenvalue weighted by molar-refractivity contribution is 0.0728. The Morgan fingerprint density at radius 3 is 2.53 bits per heavy atom. The summed E-state index contributed by atoms with van der Waals surface area (Å²) < 4.78 is 15.1. The minimum Gasteiger partial charge on any atom is -0.335 e. The van der Waals surface area contributed by atoms with Gasteiger partial charge < -0.3 is 4.90 Å². The number of carbonyl (C=O) groups is 1. The molecular formula is C24H23FN4O. The third-order valence-corrected chi connectivity index (χ3v) is 5.46. The van der Waals surface area contributed by atoms with Gasteiger partial charge in [0.05, 0.1) is 28.5 Å². The molecule has 0 saturated carbocycles. The Morgan fingerprint density at radius 2 is 1.87 bits per heavy atom. The van der Waals surface area contributed by atoms with Crippen molar-refractivity contribution in [3.63, 3.8) is 0 Å². The second-order valence-corrected chi connectivity index (χ2v) is 7.30. The topological polar surface area (TPSA) is 51.0 Å². The summed E-state index contributed by atoms with van der Waals surface area (Å²) in [7, 11) is 3.64. The Hall–Kier alpha value is -3.54. The second-order valence-electron chi connectivity index (χ2n) is 7.30. The molecule has 152 valence electrons. The summed E-state index contributed by atoms with van der Waals surface area (Å²) >= 11 is 0. The van der Waals surface area contributed by atoms with Crippen molar-refractivity contribution in [2.45, 2.75) is 19.4 Å². The van der Waals surface area contributed by atoms with E-state index in [0.717, 1.165) is 22.2 Å². The molecule has 0 radical (unpaired) electrons. The molecule has 4 rings (SSSR count). The summed E-state index contributed by atoms with van der Waals surface area (Å²) in [6, 6.07) is 17.5. The molecular weight excluding hydrogens is 379 g/mol. The maximum absolute atomic E-state index is 13.6. The Labute approximate surface area is 174 Å². The lowest BCUT2D eigenvalue weighted by Gasteiger charge is -2.28. The van der Waals surface area contributed by atoms with Crippen LogP contribution in [0.25, 0.3) is 22.3 Å². The van der Waals surface area contributed by atoms with Crippen molar-refractivity contribution in [2.24, 2.45) is 7.05 Å². The number of pyridine rings is 1. The first-order chi connectivity index (χ1) is 14.5. The predicted molar refractivity (Wildman–Crippen MR) is 115 cm³/mol. The van der Waals surface area contributed by atoms with E-state index >= 15 is 0 Å². The Bertz CT molecular complexity index is 1200. The molecule has 5 nitrogen and oxygen atoms in total. The van der Waals surface area contributed by atoms with E-state index in [4.69, 9.17) is 4.98 Å². The molecule has 0 aliphatic rings. The molecule has 0 bridgehead atoms. The van der Waals surface area contributed by atoms with Crippen molar-refractivity contribution >= 4 is 16.8 Å². The zero-order chi connectivity index (χ0) is 21.3. The molecule has 0 aliphatic heterocycles. The van der Waals surface area contributed by atoms with Crippen molar-refractivity contribution < 1.29 is 9.18 Å². The highest BCUT2D eigenvalue weighted by atomic mass is 19.1. The van der Waals surface area contributed by atoms with Gasteiger partial charge in [-0.3, -0.25) is 9.48 Å². The van der Waals surface area contributed by atoms with E-state index in [1.807, 2.05) is 50.4 Å². The Balaban J connectivity index is 1.80. The van der Waals surface area contributed by atoms with Crippen LogP contribution in [-0.4, -0.2) is 32.6 Å². The number of rotatable bonds is 5. The van der Waals surface area contributed by atoms with Crippen molar-refractivity contribution in [1.29, 1.82) is 0 Å². The van der Waals surface area contributed by atoms with Crippen LogP contribution in [0.5, 0.6) is 0 Å². The maximum atomic E-state index is 13.6. The molecule has 2 heterocycles. The maximum Gasteiger partial charge on any atom is 0.254 e. The molecule has 0 fully saturated rings. The van der Waals surface area contributed by atoms with Crippen LogP contribution in [0.1, 0.15) is 35.3 Å². The summed E-state index contributed by atoms with van der Waals surface area (Å²) in [6.07, 6.45) is 2.42. The molecule has 1 unspecified atom stereocenters. The summed E-state index contributed by atoms with van der Waals surface area (Å²) in [5.41, 5.74) is 3.77. The first-order valence-electron chi connectivity index (χ1n) is 9.90. The zero-order valence-electron chi connectivity index (χ0n) is 17.2. The van der Waals surface area contributed by atoms with Crippen LogP contribution in [0, 0.1) is 5.82 Å². The fraction of sp³-hybridized carbons (Fsp3) is 0.208. The number of aromatic nitrogens is 3. The third-order valence-electron chi connectivity index (χ3n) is 5.46. The van der Waals surface area contributed by atoms with Crippen molar-refractivity contribution in [3.8, 4) is 11.4 Å². The van der Waals surface area contributed by atoms with E-state index < -0.39 is 0 Å². The van der Waals surface area contributed by atoms with Crippen LogP contribution in [-0.2, 0) is 7.05 Å². The van der Waals surface area contributed by atoms with Gasteiger partial charge in [0.1, 0.15) is 5.82 Å². The minimum absolute atomic E-state index is 0.104. The van der Waals surface area contributed by atoms with Gasteiger partial charge in [-0.05, 0) is 42.3 Å². The van der Waals surface area contributed by atoms with Gasteiger partial charge in [-0.25, -0.2) is 9.37 Å². The van der Waals surface area contributed by atoms with Crippen LogP contribution >= 0.6 is 0 Å². The van der Waals surface area contributed by atoms with Gasteiger partial charge in [-0.2, -0.15) is 5.10 Å². The lowest BCUT2D eigenvalue weighted by atomic mass is 10.0. The van der Waals surface area contributed by atoms with Gasteiger partial charge >= 0.3 is 0 Å². The van der Waals surface area contributed by atoms with Gasteiger partial charge in [0.2, 0.25) is 0 Å². The van der Waals surface area contributed by atoms with Crippen LogP contribution in [0.3, 0.4) is 0 Å². The van der Waals surface area contributed by atoms with Gasteiger partial charge in [0.25, 0.3) is 5.91 Å². The van der Waals surface area contributed by atoms with E-state index in [9.17, 15) is 9.18 Å². The number of nitrogens with zero attached hydrogens (tertiary/aromatic N) is 4. The average molecular weight is 402 g/mol. The molecule has 2 aromatic heterocycles. The zero-order valence-corrected chi connectivity index (χ0v) is 17.2. The number of aryl methyl sites for hydroxylation is 1. The van der Waals surface area contributed by atoms with Crippen molar-refractivity contribution in [1.82, 2.24) is 19.7 Å². The van der Waals surface area contributed by atoms with Gasteiger partial charge in [0.15, 0.2) is 0 Å². The predicted octanol–water partition coefficient (Wildman–Crippen LogP) is 5.00. The number of para-hydroxylation sites is 1. The van der Waals surface area contributed by atoms with E-state index in [1.54, 1.807) is 35.0 Å². The largest absolute Gasteiger partial charge is 0.335 e. The molecule has 0 N–H and O–H groups in total. The Morgan fingerprint density at radius 1 is 1.13 bits per heavy atom. The molecule has 0 aliphatic carbocycles. The molecule has 1 amide bonds. The molecule has 1 atom stereocenters. The van der Waals surface area contributed by atoms with E-state index in [0.29, 0.717) is 17.7 Å². The smallest absolute Gasteiger partial charge is 0.254 e. The molecule has 2 aromatic carbocycles. The first kappa shape index (κ1) is 19.8. The highest BCUT2D eigenvalue weighted by Gasteiger charge is 2.24. The van der Waals surface area contributed by atoms with Gasteiger partial charge in [-0.15, -0.1) is 0 Å². The van der Waals surface area contributed by atoms with Crippen LogP contribution < -0.4 is 0 Å². The quantitative estimate of drug-likeness (QED) is 0.472. The summed E-state index contributed by atoms with van der Waals surface area (Å²) in [4.78, 5) is 20.1. The summed E-state index contributed by atoms with van der Waals surface area (Å²) in [5.74, 6) is -0.392. The second kappa shape index (κ2) is 8.06. The Kier molecular flexibility index (Phi) is 5.31. The summed E-state index contributed by atoms with van der Waals surface area (Å²) in [5, 5.41) is 5.02. The van der Waals surface area contributed by atoms with Crippen LogP contribution in [0.4, 0.5) is 4.39 Å². The molecule has 0 saturated heterocycles. The molecule has 6 heteroatoms. The average Bonchev–Trinajstić information content (AvgIpc) is 3.20. The van der Waals surface area contributed by atoms with E-state index in [1.165, 1.54) is 12.1 Å². The highest BCUT2D eigenvalue weighted by molar-refractivity contribution is 6.07. The normalized spacial score (nSPS) is 12.1. The third kappa shape index (κ3) is 3.56. The molecule has 4 aromatic rings. The van der Waals surface area contributed by atoms with Gasteiger partial charge in [0, 0.05) is 25.7 Å². The summed E-state index contributed by atoms with van der Waals surface area (Å²) in [6.45, 7) is 2.02. The number of hydrogen-bond donors (Lipinski definition) is 0.